The monoisotopic (exact) mass is 325 g/mol. The highest BCUT2D eigenvalue weighted by molar-refractivity contribution is 5.78. The normalized spacial score (nSPS) is 10.5. The Morgan fingerprint density at radius 2 is 1.88 bits per heavy atom. The summed E-state index contributed by atoms with van der Waals surface area (Å²) in [6.45, 7) is 7.45. The second-order valence-corrected chi connectivity index (χ2v) is 6.10. The van der Waals surface area contributed by atoms with Crippen LogP contribution >= 0.6 is 0 Å². The minimum absolute atomic E-state index is 0.0850. The molecule has 3 nitrogen and oxygen atoms in total. The summed E-state index contributed by atoms with van der Waals surface area (Å²) in [6.07, 6.45) is 2.26. The molecule has 2 aromatic rings. The summed E-state index contributed by atoms with van der Waals surface area (Å²) in [7, 11) is 0. The number of para-hydroxylation sites is 1. The molecule has 128 valence electrons. The number of amides is 1. The van der Waals surface area contributed by atoms with E-state index in [0.717, 1.165) is 24.2 Å². The molecule has 3 heteroatoms. The van der Waals surface area contributed by atoms with Crippen LogP contribution in [0, 0.1) is 13.8 Å². The van der Waals surface area contributed by atoms with Gasteiger partial charge >= 0.3 is 0 Å². The minimum Gasteiger partial charge on any atom is -0.494 e. The summed E-state index contributed by atoms with van der Waals surface area (Å²) in [5.41, 5.74) is 4.66. The van der Waals surface area contributed by atoms with Crippen molar-refractivity contribution in [3.05, 3.63) is 64.7 Å². The van der Waals surface area contributed by atoms with Crippen LogP contribution in [0.2, 0.25) is 0 Å². The Kier molecular flexibility index (Phi) is 6.86. The summed E-state index contributed by atoms with van der Waals surface area (Å²) < 4.78 is 5.63. The molecule has 0 atom stereocenters. The Hall–Kier alpha value is -2.29. The van der Waals surface area contributed by atoms with Gasteiger partial charge in [0.25, 0.3) is 0 Å². The molecule has 0 aliphatic carbocycles. The topological polar surface area (TPSA) is 38.3 Å². The number of ether oxygens (including phenoxy) is 1. The van der Waals surface area contributed by atoms with Crippen LogP contribution in [0.4, 0.5) is 0 Å². The first kappa shape index (κ1) is 18.1. The van der Waals surface area contributed by atoms with Crippen LogP contribution in [-0.4, -0.2) is 19.1 Å². The van der Waals surface area contributed by atoms with Crippen LogP contribution in [0.25, 0.3) is 0 Å². The minimum atomic E-state index is 0.0850. The fourth-order valence-electron chi connectivity index (χ4n) is 2.74. The number of benzene rings is 2. The van der Waals surface area contributed by atoms with Crippen molar-refractivity contribution in [3.8, 4) is 5.75 Å². The third-order valence-corrected chi connectivity index (χ3v) is 4.07. The molecule has 2 rings (SSSR count). The average molecular weight is 325 g/mol. The van der Waals surface area contributed by atoms with E-state index in [9.17, 15) is 4.79 Å². The molecule has 1 N–H and O–H groups in total. The van der Waals surface area contributed by atoms with Crippen molar-refractivity contribution in [2.24, 2.45) is 0 Å². The SMILES string of the molecule is CCOc1ccccc1CCCNC(=O)Cc1cc(C)ccc1C. The Morgan fingerprint density at radius 1 is 1.08 bits per heavy atom. The average Bonchev–Trinajstić information content (AvgIpc) is 2.56. The molecular weight excluding hydrogens is 298 g/mol. The van der Waals surface area contributed by atoms with E-state index in [-0.39, 0.29) is 5.91 Å². The van der Waals surface area contributed by atoms with Gasteiger partial charge in [-0.25, -0.2) is 0 Å². The molecule has 0 saturated carbocycles. The number of hydrogen-bond donors (Lipinski definition) is 1. The molecule has 0 unspecified atom stereocenters. The quantitative estimate of drug-likeness (QED) is 0.745. The predicted octanol–water partition coefficient (Wildman–Crippen LogP) is 3.99. The fraction of sp³-hybridized carbons (Fsp3) is 0.381. The lowest BCUT2D eigenvalue weighted by Gasteiger charge is -2.11. The van der Waals surface area contributed by atoms with Gasteiger partial charge in [0.1, 0.15) is 5.75 Å². The molecule has 0 bridgehead atoms. The van der Waals surface area contributed by atoms with E-state index in [1.54, 1.807) is 0 Å². The predicted molar refractivity (Wildman–Crippen MR) is 98.6 cm³/mol. The lowest BCUT2D eigenvalue weighted by molar-refractivity contribution is -0.120. The summed E-state index contributed by atoms with van der Waals surface area (Å²) in [5, 5.41) is 3.02. The van der Waals surface area contributed by atoms with E-state index >= 15 is 0 Å². The van der Waals surface area contributed by atoms with Crippen molar-refractivity contribution >= 4 is 5.91 Å². The van der Waals surface area contributed by atoms with Gasteiger partial charge in [0, 0.05) is 6.54 Å². The molecule has 0 spiro atoms. The summed E-state index contributed by atoms with van der Waals surface area (Å²) in [6, 6.07) is 14.3. The summed E-state index contributed by atoms with van der Waals surface area (Å²) >= 11 is 0. The zero-order valence-corrected chi connectivity index (χ0v) is 14.9. The first-order valence-corrected chi connectivity index (χ1v) is 8.63. The first-order chi connectivity index (χ1) is 11.6. The van der Waals surface area contributed by atoms with Gasteiger partial charge in [0.05, 0.1) is 13.0 Å². The third kappa shape index (κ3) is 5.41. The van der Waals surface area contributed by atoms with E-state index in [0.29, 0.717) is 19.6 Å². The van der Waals surface area contributed by atoms with Crippen LogP contribution in [0.5, 0.6) is 5.75 Å². The molecule has 24 heavy (non-hydrogen) atoms. The van der Waals surface area contributed by atoms with E-state index in [4.69, 9.17) is 4.74 Å². The van der Waals surface area contributed by atoms with Gasteiger partial charge in [0.15, 0.2) is 0 Å². The zero-order valence-electron chi connectivity index (χ0n) is 14.9. The molecule has 0 heterocycles. The van der Waals surface area contributed by atoms with Crippen LogP contribution in [-0.2, 0) is 17.6 Å². The number of carbonyl (C=O) groups is 1. The summed E-state index contributed by atoms with van der Waals surface area (Å²) in [5.74, 6) is 1.03. The zero-order chi connectivity index (χ0) is 17.4. The fourth-order valence-corrected chi connectivity index (χ4v) is 2.74. The standard InChI is InChI=1S/C21H27NO2/c1-4-24-20-10-6-5-8-18(20)9-7-13-22-21(23)15-19-14-16(2)11-12-17(19)3/h5-6,8,10-12,14H,4,7,9,13,15H2,1-3H3,(H,22,23). The number of aryl methyl sites for hydroxylation is 3. The van der Waals surface area contributed by atoms with Crippen LogP contribution in [0.15, 0.2) is 42.5 Å². The van der Waals surface area contributed by atoms with Crippen LogP contribution in [0.1, 0.15) is 35.6 Å². The Bertz CT molecular complexity index is 679. The molecule has 0 saturated heterocycles. The van der Waals surface area contributed by atoms with Gasteiger partial charge in [-0.05, 0) is 56.4 Å². The van der Waals surface area contributed by atoms with Gasteiger partial charge in [-0.1, -0.05) is 42.0 Å². The van der Waals surface area contributed by atoms with Crippen LogP contribution < -0.4 is 10.1 Å². The second-order valence-electron chi connectivity index (χ2n) is 6.10. The van der Waals surface area contributed by atoms with Crippen LogP contribution in [0.3, 0.4) is 0 Å². The number of nitrogens with one attached hydrogen (secondary N) is 1. The highest BCUT2D eigenvalue weighted by Crippen LogP contribution is 2.19. The Morgan fingerprint density at radius 3 is 2.67 bits per heavy atom. The largest absolute Gasteiger partial charge is 0.494 e. The molecule has 1 amide bonds. The number of hydrogen-bond acceptors (Lipinski definition) is 2. The lowest BCUT2D eigenvalue weighted by Crippen LogP contribution is -2.26. The molecule has 0 aliphatic heterocycles. The van der Waals surface area contributed by atoms with Gasteiger partial charge < -0.3 is 10.1 Å². The van der Waals surface area contributed by atoms with Crippen molar-refractivity contribution in [3.63, 3.8) is 0 Å². The van der Waals surface area contributed by atoms with Gasteiger partial charge in [0.2, 0.25) is 5.91 Å². The van der Waals surface area contributed by atoms with Crippen molar-refractivity contribution in [2.75, 3.05) is 13.2 Å². The molecular formula is C21H27NO2. The number of rotatable bonds is 8. The van der Waals surface area contributed by atoms with E-state index in [1.165, 1.54) is 16.7 Å². The maximum absolute atomic E-state index is 12.1. The lowest BCUT2D eigenvalue weighted by atomic mass is 10.0. The maximum atomic E-state index is 12.1. The van der Waals surface area contributed by atoms with Gasteiger partial charge in [-0.3, -0.25) is 4.79 Å². The second kappa shape index (κ2) is 9.11. The molecule has 0 aliphatic rings. The van der Waals surface area contributed by atoms with E-state index in [2.05, 4.69) is 36.5 Å². The van der Waals surface area contributed by atoms with Crippen molar-refractivity contribution in [2.45, 2.75) is 40.0 Å². The summed E-state index contributed by atoms with van der Waals surface area (Å²) in [4.78, 5) is 12.1. The Labute approximate surface area is 145 Å². The van der Waals surface area contributed by atoms with Crippen molar-refractivity contribution < 1.29 is 9.53 Å². The van der Waals surface area contributed by atoms with Crippen molar-refractivity contribution in [1.29, 1.82) is 0 Å². The van der Waals surface area contributed by atoms with Gasteiger partial charge in [-0.15, -0.1) is 0 Å². The molecule has 0 fully saturated rings. The van der Waals surface area contributed by atoms with E-state index in [1.807, 2.05) is 32.0 Å². The number of carbonyl (C=O) groups excluding carboxylic acids is 1. The smallest absolute Gasteiger partial charge is 0.224 e. The highest BCUT2D eigenvalue weighted by Gasteiger charge is 2.07. The first-order valence-electron chi connectivity index (χ1n) is 8.63. The molecule has 0 aromatic heterocycles. The third-order valence-electron chi connectivity index (χ3n) is 4.07. The van der Waals surface area contributed by atoms with Gasteiger partial charge in [-0.2, -0.15) is 0 Å². The molecule has 2 aromatic carbocycles. The van der Waals surface area contributed by atoms with Crippen molar-refractivity contribution in [1.82, 2.24) is 5.32 Å². The van der Waals surface area contributed by atoms with E-state index < -0.39 is 0 Å². The molecule has 0 radical (unpaired) electrons. The Balaban J connectivity index is 1.78. The highest BCUT2D eigenvalue weighted by atomic mass is 16.5. The maximum Gasteiger partial charge on any atom is 0.224 e.